The smallest absolute Gasteiger partial charge is 0.231 e. The Morgan fingerprint density at radius 1 is 1.38 bits per heavy atom. The molecule has 1 aliphatic rings. The van der Waals surface area contributed by atoms with Gasteiger partial charge in [-0.1, -0.05) is 24.3 Å². The van der Waals surface area contributed by atoms with Crippen LogP contribution < -0.4 is 10.5 Å². The number of guanidine groups is 1. The van der Waals surface area contributed by atoms with E-state index >= 15 is 0 Å². The van der Waals surface area contributed by atoms with Crippen LogP contribution >= 0.6 is 0 Å². The number of nitrogens with zero attached hydrogens (tertiary/aromatic N) is 2. The molecule has 1 heterocycles. The van der Waals surface area contributed by atoms with E-state index in [1.165, 1.54) is 4.90 Å². The van der Waals surface area contributed by atoms with Crippen LogP contribution in [0.25, 0.3) is 11.1 Å². The SMILES string of the molecule is COc1c#cccc1-c1cccc(C2(C)CC(=O)N(C)C(N)=N2)c1. The van der Waals surface area contributed by atoms with E-state index < -0.39 is 5.54 Å². The fourth-order valence-corrected chi connectivity index (χ4v) is 2.86. The van der Waals surface area contributed by atoms with Crippen LogP contribution in [-0.2, 0) is 10.3 Å². The second kappa shape index (κ2) is 5.89. The van der Waals surface area contributed by atoms with Crippen LogP contribution in [0, 0.1) is 12.1 Å². The first kappa shape index (κ1) is 15.9. The Hall–Kier alpha value is -3.00. The van der Waals surface area contributed by atoms with Crippen LogP contribution in [0.3, 0.4) is 0 Å². The summed E-state index contributed by atoms with van der Waals surface area (Å²) in [5.74, 6) is 0.817. The molecule has 0 aromatic heterocycles. The zero-order valence-electron chi connectivity index (χ0n) is 14.0. The first-order chi connectivity index (χ1) is 11.4. The van der Waals surface area contributed by atoms with Gasteiger partial charge >= 0.3 is 0 Å². The average Bonchev–Trinajstić information content (AvgIpc) is 2.59. The number of benzene rings is 1. The summed E-state index contributed by atoms with van der Waals surface area (Å²) in [6.07, 6.45) is 0.277. The highest BCUT2D eigenvalue weighted by Crippen LogP contribution is 2.36. The first-order valence-electron chi connectivity index (χ1n) is 7.64. The van der Waals surface area contributed by atoms with Crippen LogP contribution in [0.2, 0.25) is 0 Å². The highest BCUT2D eigenvalue weighted by Gasteiger charge is 2.36. The van der Waals surface area contributed by atoms with Gasteiger partial charge in [-0.15, -0.1) is 0 Å². The minimum atomic E-state index is -0.679. The average molecular weight is 321 g/mol. The predicted molar refractivity (Wildman–Crippen MR) is 92.5 cm³/mol. The van der Waals surface area contributed by atoms with Gasteiger partial charge in [-0.05, 0) is 42.3 Å². The van der Waals surface area contributed by atoms with Gasteiger partial charge in [-0.2, -0.15) is 0 Å². The number of carbonyl (C=O) groups is 1. The fourth-order valence-electron chi connectivity index (χ4n) is 2.86. The zero-order chi connectivity index (χ0) is 17.3. The third kappa shape index (κ3) is 2.67. The number of aliphatic imine (C=N–C) groups is 1. The molecule has 0 saturated carbocycles. The molecule has 2 aromatic rings. The summed E-state index contributed by atoms with van der Waals surface area (Å²) >= 11 is 0. The number of hydrogen-bond donors (Lipinski definition) is 1. The molecule has 5 nitrogen and oxygen atoms in total. The molecule has 3 rings (SSSR count). The molecule has 1 atom stereocenters. The Morgan fingerprint density at radius 2 is 2.17 bits per heavy atom. The lowest BCUT2D eigenvalue weighted by Crippen LogP contribution is -2.47. The van der Waals surface area contributed by atoms with Crippen molar-refractivity contribution in [1.82, 2.24) is 4.90 Å². The van der Waals surface area contributed by atoms with Gasteiger partial charge in [0, 0.05) is 12.6 Å². The van der Waals surface area contributed by atoms with Gasteiger partial charge in [0.2, 0.25) is 5.91 Å². The molecular formula is C19H19N3O2. The van der Waals surface area contributed by atoms with Crippen molar-refractivity contribution < 1.29 is 9.53 Å². The van der Waals surface area contributed by atoms with E-state index in [-0.39, 0.29) is 18.3 Å². The number of ether oxygens (including phenoxy) is 1. The lowest BCUT2D eigenvalue weighted by Gasteiger charge is -2.33. The first-order valence-corrected chi connectivity index (χ1v) is 7.64. The maximum Gasteiger partial charge on any atom is 0.231 e. The molecule has 5 heteroatoms. The number of amides is 1. The van der Waals surface area contributed by atoms with Crippen LogP contribution in [-0.4, -0.2) is 30.9 Å². The van der Waals surface area contributed by atoms with Crippen LogP contribution in [0.4, 0.5) is 0 Å². The van der Waals surface area contributed by atoms with Crippen molar-refractivity contribution in [2.75, 3.05) is 14.2 Å². The monoisotopic (exact) mass is 321 g/mol. The van der Waals surface area contributed by atoms with E-state index in [4.69, 9.17) is 10.5 Å². The number of rotatable bonds is 3. The van der Waals surface area contributed by atoms with E-state index in [0.29, 0.717) is 5.75 Å². The van der Waals surface area contributed by atoms with Crippen molar-refractivity contribution in [2.45, 2.75) is 18.9 Å². The molecule has 1 aliphatic heterocycles. The van der Waals surface area contributed by atoms with Gasteiger partial charge in [0.05, 0.1) is 19.1 Å². The largest absolute Gasteiger partial charge is 0.488 e. The molecule has 0 bridgehead atoms. The molecule has 24 heavy (non-hydrogen) atoms. The second-order valence-electron chi connectivity index (χ2n) is 6.00. The topological polar surface area (TPSA) is 67.9 Å². The molecule has 0 fully saturated rings. The Balaban J connectivity index is 2.07. The molecule has 1 unspecified atom stereocenters. The molecule has 0 aliphatic carbocycles. The summed E-state index contributed by atoms with van der Waals surface area (Å²) in [4.78, 5) is 18.1. The molecule has 2 aromatic carbocycles. The lowest BCUT2D eigenvalue weighted by atomic mass is 9.86. The van der Waals surface area contributed by atoms with Crippen molar-refractivity contribution in [3.63, 3.8) is 0 Å². The quantitative estimate of drug-likeness (QED) is 0.943. The number of hydrogen-bond acceptors (Lipinski definition) is 4. The second-order valence-corrected chi connectivity index (χ2v) is 6.00. The molecule has 0 radical (unpaired) electrons. The summed E-state index contributed by atoms with van der Waals surface area (Å²) in [5.41, 5.74) is 8.04. The van der Waals surface area contributed by atoms with Crippen molar-refractivity contribution in [3.05, 3.63) is 54.1 Å². The van der Waals surface area contributed by atoms with Gasteiger partial charge < -0.3 is 10.5 Å². The van der Waals surface area contributed by atoms with Crippen molar-refractivity contribution in [3.8, 4) is 16.9 Å². The van der Waals surface area contributed by atoms with E-state index in [1.54, 1.807) is 20.2 Å². The Labute approximate surface area is 141 Å². The van der Waals surface area contributed by atoms with E-state index in [1.807, 2.05) is 37.3 Å². The van der Waals surface area contributed by atoms with Gasteiger partial charge in [0.15, 0.2) is 11.7 Å². The standard InChI is InChI=1S/C19H19N3O2/c1-19(12-17(23)22(2)18(20)21-19)14-8-6-7-13(11-14)15-9-4-5-10-16(15)24-3/h4,6-9,11H,12H2,1-3H3,(H2,20,21). The maximum atomic E-state index is 12.2. The summed E-state index contributed by atoms with van der Waals surface area (Å²) in [6, 6.07) is 17.5. The van der Waals surface area contributed by atoms with E-state index in [0.717, 1.165) is 16.7 Å². The molecule has 2 N–H and O–H groups in total. The lowest BCUT2D eigenvalue weighted by molar-refractivity contribution is -0.128. The highest BCUT2D eigenvalue weighted by molar-refractivity contribution is 5.98. The predicted octanol–water partition coefficient (Wildman–Crippen LogP) is 2.35. The molecule has 0 spiro atoms. The summed E-state index contributed by atoms with van der Waals surface area (Å²) in [6.45, 7) is 1.92. The fraction of sp³-hybridized carbons (Fsp3) is 0.263. The molecule has 1 amide bonds. The summed E-state index contributed by atoms with van der Waals surface area (Å²) in [5, 5.41) is 0. The minimum absolute atomic E-state index is 0.0457. The number of methoxy groups -OCH3 is 1. The summed E-state index contributed by atoms with van der Waals surface area (Å²) in [7, 11) is 3.24. The Kier molecular flexibility index (Phi) is 3.90. The van der Waals surface area contributed by atoms with Crippen molar-refractivity contribution in [2.24, 2.45) is 10.7 Å². The Morgan fingerprint density at radius 3 is 2.88 bits per heavy atom. The maximum absolute atomic E-state index is 12.2. The van der Waals surface area contributed by atoms with Crippen molar-refractivity contribution >= 4 is 11.9 Å². The molecule has 122 valence electrons. The highest BCUT2D eigenvalue weighted by atomic mass is 16.5. The van der Waals surface area contributed by atoms with Crippen LogP contribution in [0.15, 0.2) is 41.4 Å². The third-order valence-electron chi connectivity index (χ3n) is 4.34. The molecular weight excluding hydrogens is 302 g/mol. The Bertz CT molecular complexity index is 816. The van der Waals surface area contributed by atoms with Gasteiger partial charge in [0.1, 0.15) is 0 Å². The van der Waals surface area contributed by atoms with Crippen LogP contribution in [0.1, 0.15) is 18.9 Å². The van der Waals surface area contributed by atoms with Gasteiger partial charge in [-0.3, -0.25) is 9.69 Å². The normalized spacial score (nSPS) is 20.4. The number of carbonyl (C=O) groups excluding carboxylic acids is 1. The zero-order valence-corrected chi connectivity index (χ0v) is 14.0. The van der Waals surface area contributed by atoms with Gasteiger partial charge in [-0.25, -0.2) is 4.99 Å². The molecule has 0 saturated heterocycles. The minimum Gasteiger partial charge on any atom is -0.488 e. The van der Waals surface area contributed by atoms with Crippen LogP contribution in [0.5, 0.6) is 5.75 Å². The van der Waals surface area contributed by atoms with Gasteiger partial charge in [0.25, 0.3) is 0 Å². The van der Waals surface area contributed by atoms with E-state index in [2.05, 4.69) is 17.1 Å². The van der Waals surface area contributed by atoms with Crippen molar-refractivity contribution in [1.29, 1.82) is 0 Å². The van der Waals surface area contributed by atoms with E-state index in [9.17, 15) is 4.79 Å². The number of nitrogens with two attached hydrogens (primary N) is 1. The summed E-state index contributed by atoms with van der Waals surface area (Å²) < 4.78 is 5.36. The third-order valence-corrected chi connectivity index (χ3v) is 4.34.